The van der Waals surface area contributed by atoms with Crippen molar-refractivity contribution in [3.8, 4) is 11.8 Å². The summed E-state index contributed by atoms with van der Waals surface area (Å²) in [5.41, 5.74) is 4.11. The normalized spacial score (nSPS) is 17.2. The van der Waals surface area contributed by atoms with Gasteiger partial charge in [0.25, 0.3) is 5.91 Å². The monoisotopic (exact) mass is 789 g/mol. The molecule has 0 bridgehead atoms. The number of hydrogen-bond donors (Lipinski definition) is 2. The number of para-hydroxylation sites is 1. The molecule has 0 radical (unpaired) electrons. The number of amides is 4. The number of rotatable bonds is 7. The summed E-state index contributed by atoms with van der Waals surface area (Å²) in [6, 6.07) is 20.3. The summed E-state index contributed by atoms with van der Waals surface area (Å²) in [7, 11) is 0. The summed E-state index contributed by atoms with van der Waals surface area (Å²) in [5, 5.41) is 9.33. The Balaban J connectivity index is 0.875. The molecule has 3 aliphatic heterocycles. The number of nitrogens with one attached hydrogen (secondary N) is 2. The second-order valence-electron chi connectivity index (χ2n) is 14.8. The predicted octanol–water partition coefficient (Wildman–Crippen LogP) is 5.94. The van der Waals surface area contributed by atoms with Crippen molar-refractivity contribution >= 4 is 40.6 Å². The lowest BCUT2D eigenvalue weighted by Crippen LogP contribution is -2.53. The molecule has 58 heavy (non-hydrogen) atoms. The zero-order valence-corrected chi connectivity index (χ0v) is 31.9. The number of likely N-dealkylation sites (tertiary alicyclic amines) is 1. The van der Waals surface area contributed by atoms with Gasteiger partial charge in [0.2, 0.25) is 5.91 Å². The Morgan fingerprint density at radius 1 is 0.897 bits per heavy atom. The van der Waals surface area contributed by atoms with Crippen LogP contribution in [0, 0.1) is 18.8 Å². The number of aryl methyl sites for hydroxylation is 1. The molecule has 3 aromatic carbocycles. The average Bonchev–Trinajstić information content (AvgIpc) is 3.64. The van der Waals surface area contributed by atoms with Crippen molar-refractivity contribution in [2.75, 3.05) is 60.9 Å². The number of anilines is 3. The minimum atomic E-state index is -4.63. The lowest BCUT2D eigenvalue weighted by molar-refractivity contribution is -0.137. The number of hydrogen-bond acceptors (Lipinski definition) is 8. The van der Waals surface area contributed by atoms with Crippen LogP contribution < -0.4 is 20.4 Å². The minimum Gasteiger partial charge on any atom is -0.368 e. The first kappa shape index (κ1) is 38.6. The summed E-state index contributed by atoms with van der Waals surface area (Å²) >= 11 is 0. The van der Waals surface area contributed by atoms with Gasteiger partial charge in [-0.05, 0) is 98.4 Å². The lowest BCUT2D eigenvalue weighted by atomic mass is 10.0. The van der Waals surface area contributed by atoms with E-state index in [0.29, 0.717) is 62.2 Å². The molecule has 0 spiro atoms. The molecule has 2 N–H and O–H groups in total. The number of fused-ring (bicyclic) bond motifs is 1. The van der Waals surface area contributed by atoms with Crippen molar-refractivity contribution in [3.63, 3.8) is 0 Å². The molecule has 0 atom stereocenters. The maximum atomic E-state index is 14.5. The number of carbonyl (C=O) groups excluding carboxylic acids is 3. The van der Waals surface area contributed by atoms with Gasteiger partial charge < -0.3 is 10.2 Å². The van der Waals surface area contributed by atoms with Crippen LogP contribution in [0.15, 0.2) is 85.2 Å². The highest BCUT2D eigenvalue weighted by molar-refractivity contribution is 6.06. The Labute approximate surface area is 333 Å². The summed E-state index contributed by atoms with van der Waals surface area (Å²) in [6.07, 6.45) is 0.736. The highest BCUT2D eigenvalue weighted by atomic mass is 19.4. The van der Waals surface area contributed by atoms with Crippen molar-refractivity contribution in [2.24, 2.45) is 0 Å². The van der Waals surface area contributed by atoms with Crippen LogP contribution in [-0.4, -0.2) is 94.1 Å². The number of halogens is 3. The number of nitrogens with zero attached hydrogens (tertiary/aromatic N) is 7. The number of alkyl halides is 3. The predicted molar refractivity (Wildman–Crippen MR) is 214 cm³/mol. The van der Waals surface area contributed by atoms with Crippen molar-refractivity contribution in [1.29, 1.82) is 0 Å². The maximum Gasteiger partial charge on any atom is 0.418 e. The molecule has 2 aromatic heterocycles. The highest BCUT2D eigenvalue weighted by Gasteiger charge is 2.37. The number of urea groups is 1. The zero-order valence-electron chi connectivity index (χ0n) is 31.9. The van der Waals surface area contributed by atoms with Crippen LogP contribution in [0.2, 0.25) is 0 Å². The third kappa shape index (κ3) is 8.39. The van der Waals surface area contributed by atoms with Gasteiger partial charge in [0, 0.05) is 86.1 Å². The minimum absolute atomic E-state index is 0.0494. The van der Waals surface area contributed by atoms with Gasteiger partial charge in [-0.25, -0.2) is 14.3 Å². The van der Waals surface area contributed by atoms with E-state index in [4.69, 9.17) is 0 Å². The molecule has 0 aliphatic carbocycles. The van der Waals surface area contributed by atoms with E-state index in [1.165, 1.54) is 12.1 Å². The molecule has 3 saturated heterocycles. The molecule has 8 rings (SSSR count). The summed E-state index contributed by atoms with van der Waals surface area (Å²) in [4.78, 5) is 50.0. The fourth-order valence-electron chi connectivity index (χ4n) is 7.98. The molecule has 0 unspecified atom stereocenters. The van der Waals surface area contributed by atoms with Crippen molar-refractivity contribution in [2.45, 2.75) is 44.9 Å². The Bertz CT molecular complexity index is 2420. The van der Waals surface area contributed by atoms with Crippen LogP contribution in [0.5, 0.6) is 0 Å². The molecule has 0 saturated carbocycles. The number of imide groups is 1. The standard InChI is InChI=1S/C43H42F3N9O3/c1-29-8-9-31(25-30(29)10-12-35-27-47-39-7-4-17-48-55(35)39)41(57)49-33-11-13-38(36(26-33)43(44,45)46)53-23-21-52(22-24-53)34-14-18-51(19-15-34)28-32-5-2-3-6-37(32)54-20-16-40(56)50-42(54)58/h2-9,11,13,17,25-27,34H,14-16,18-24,28H2,1H3,(H,49,57)(H,50,56,58). The second-order valence-corrected chi connectivity index (χ2v) is 14.8. The summed E-state index contributed by atoms with van der Waals surface area (Å²) in [6.45, 7) is 6.76. The number of carbonyl (C=O) groups is 3. The van der Waals surface area contributed by atoms with E-state index in [9.17, 15) is 27.6 Å². The van der Waals surface area contributed by atoms with E-state index >= 15 is 0 Å². The van der Waals surface area contributed by atoms with Crippen LogP contribution in [0.4, 0.5) is 35.0 Å². The lowest BCUT2D eigenvalue weighted by Gasteiger charge is -2.44. The van der Waals surface area contributed by atoms with Gasteiger partial charge in [-0.2, -0.15) is 18.3 Å². The molecular formula is C43H42F3N9O3. The van der Waals surface area contributed by atoms with E-state index < -0.39 is 23.7 Å². The summed E-state index contributed by atoms with van der Waals surface area (Å²) in [5.74, 6) is 5.31. The third-order valence-electron chi connectivity index (χ3n) is 11.1. The molecule has 4 amide bonds. The SMILES string of the molecule is Cc1ccc(C(=O)Nc2ccc(N3CCN(C4CCN(Cc5ccccc5N5CCC(=O)NC5=O)CC4)CC3)c(C(F)(F)F)c2)cc1C#Cc1cnc2cccnn12. The first-order valence-electron chi connectivity index (χ1n) is 19.3. The second kappa shape index (κ2) is 16.3. The Morgan fingerprint density at radius 3 is 2.47 bits per heavy atom. The van der Waals surface area contributed by atoms with Gasteiger partial charge in [0.05, 0.1) is 11.8 Å². The van der Waals surface area contributed by atoms with Crippen LogP contribution in [0.1, 0.15) is 57.6 Å². The fraction of sp³-hybridized carbons (Fsp3) is 0.326. The largest absolute Gasteiger partial charge is 0.418 e. The van der Waals surface area contributed by atoms with Crippen LogP contribution in [0.25, 0.3) is 5.65 Å². The van der Waals surface area contributed by atoms with Crippen molar-refractivity contribution < 1.29 is 27.6 Å². The fourth-order valence-corrected chi connectivity index (χ4v) is 7.98. The molecular weight excluding hydrogens is 748 g/mol. The molecule has 3 aliphatic rings. The summed E-state index contributed by atoms with van der Waals surface area (Å²) < 4.78 is 45.3. The number of imidazole rings is 1. The van der Waals surface area contributed by atoms with E-state index in [1.54, 1.807) is 51.0 Å². The van der Waals surface area contributed by atoms with Crippen LogP contribution in [-0.2, 0) is 17.5 Å². The third-order valence-corrected chi connectivity index (χ3v) is 11.1. The first-order chi connectivity index (χ1) is 28.0. The quantitative estimate of drug-likeness (QED) is 0.195. The smallest absolute Gasteiger partial charge is 0.368 e. The maximum absolute atomic E-state index is 14.5. The highest BCUT2D eigenvalue weighted by Crippen LogP contribution is 2.39. The topological polar surface area (TPSA) is 118 Å². The van der Waals surface area contributed by atoms with E-state index in [0.717, 1.165) is 48.8 Å². The Morgan fingerprint density at radius 2 is 1.69 bits per heavy atom. The van der Waals surface area contributed by atoms with Crippen LogP contribution in [0.3, 0.4) is 0 Å². The van der Waals surface area contributed by atoms with E-state index in [2.05, 4.69) is 42.4 Å². The molecule has 298 valence electrons. The van der Waals surface area contributed by atoms with E-state index in [-0.39, 0.29) is 29.3 Å². The number of benzene rings is 3. The van der Waals surface area contributed by atoms with Gasteiger partial charge in [0.1, 0.15) is 5.69 Å². The van der Waals surface area contributed by atoms with Crippen molar-refractivity contribution in [3.05, 3.63) is 119 Å². The molecule has 5 aromatic rings. The Hall–Kier alpha value is -6.24. The zero-order chi connectivity index (χ0) is 40.4. The number of piperazine rings is 1. The van der Waals surface area contributed by atoms with Gasteiger partial charge in [0.15, 0.2) is 5.65 Å². The van der Waals surface area contributed by atoms with Gasteiger partial charge in [-0.15, -0.1) is 0 Å². The number of piperidine rings is 1. The van der Waals surface area contributed by atoms with Gasteiger partial charge >= 0.3 is 12.2 Å². The van der Waals surface area contributed by atoms with Crippen molar-refractivity contribution in [1.82, 2.24) is 29.7 Å². The van der Waals surface area contributed by atoms with E-state index in [1.807, 2.05) is 37.3 Å². The average molecular weight is 790 g/mol. The Kier molecular flexibility index (Phi) is 10.9. The molecule has 5 heterocycles. The first-order valence-corrected chi connectivity index (χ1v) is 19.3. The van der Waals surface area contributed by atoms with Gasteiger partial charge in [-0.1, -0.05) is 30.2 Å². The molecule has 12 nitrogen and oxygen atoms in total. The molecule has 15 heteroatoms. The van der Waals surface area contributed by atoms with Gasteiger partial charge in [-0.3, -0.25) is 29.6 Å². The molecule has 3 fully saturated rings. The number of aromatic nitrogens is 3. The van der Waals surface area contributed by atoms with Crippen LogP contribution >= 0.6 is 0 Å².